The second-order valence-corrected chi connectivity index (χ2v) is 8.67. The Bertz CT molecular complexity index is 1170. The van der Waals surface area contributed by atoms with Crippen LogP contribution in [0.4, 0.5) is 23.0 Å². The van der Waals surface area contributed by atoms with Crippen molar-refractivity contribution in [3.63, 3.8) is 0 Å². The number of pyridine rings is 3. The molecule has 0 bridgehead atoms. The number of rotatable bonds is 5. The fourth-order valence-corrected chi connectivity index (χ4v) is 4.24. The van der Waals surface area contributed by atoms with Gasteiger partial charge in [-0.05, 0) is 31.3 Å². The number of nitrogens with zero attached hydrogens (tertiary/aromatic N) is 6. The van der Waals surface area contributed by atoms with E-state index in [4.69, 9.17) is 4.98 Å². The first-order valence-corrected chi connectivity index (χ1v) is 12.1. The molecule has 5 heterocycles. The normalized spacial score (nSPS) is 15.1. The molecule has 0 radical (unpaired) electrons. The summed E-state index contributed by atoms with van der Waals surface area (Å²) >= 11 is 0. The Hall–Kier alpha value is -3.72. The third-order valence-corrected chi connectivity index (χ3v) is 6.19. The molecule has 9 nitrogen and oxygen atoms in total. The van der Waals surface area contributed by atoms with Gasteiger partial charge >= 0.3 is 0 Å². The quantitative estimate of drug-likeness (QED) is 0.582. The molecule has 0 atom stereocenters. The Kier molecular flexibility index (Phi) is 7.45. The van der Waals surface area contributed by atoms with E-state index in [1.54, 1.807) is 12.4 Å². The molecule has 9 heteroatoms. The molecule has 2 aliphatic rings. The molecule has 0 aliphatic carbocycles. The number of amides is 1. The molecule has 0 aromatic carbocycles. The molecular formula is C26H34N8O. The van der Waals surface area contributed by atoms with Crippen molar-refractivity contribution in [3.05, 3.63) is 54.0 Å². The number of anilines is 4. The first-order valence-electron chi connectivity index (χ1n) is 12.1. The number of carbonyl (C=O) groups is 1. The van der Waals surface area contributed by atoms with Gasteiger partial charge in [-0.15, -0.1) is 0 Å². The Balaban J connectivity index is 0.00000141. The van der Waals surface area contributed by atoms with Gasteiger partial charge in [-0.3, -0.25) is 9.78 Å². The number of fused-ring (bicyclic) bond motifs is 1. The lowest BCUT2D eigenvalue weighted by molar-refractivity contribution is 0.0966. The Labute approximate surface area is 207 Å². The van der Waals surface area contributed by atoms with Gasteiger partial charge in [0.1, 0.15) is 11.6 Å². The van der Waals surface area contributed by atoms with E-state index in [1.165, 1.54) is 0 Å². The highest BCUT2D eigenvalue weighted by atomic mass is 16.1. The minimum Gasteiger partial charge on any atom is -0.368 e. The van der Waals surface area contributed by atoms with Gasteiger partial charge in [-0.25, -0.2) is 9.97 Å². The lowest BCUT2D eigenvalue weighted by Gasteiger charge is -2.33. The zero-order valence-electron chi connectivity index (χ0n) is 21.2. The molecule has 184 valence electrons. The molecule has 0 spiro atoms. The SMILES string of the molecule is CC.CN1CCN(c2ccc(Nc3cnc(-c4ccnc(N(C)C)c4)c4c3C(=O)NC4)nc2)CC1. The van der Waals surface area contributed by atoms with Crippen LogP contribution in [0.3, 0.4) is 0 Å². The first kappa shape index (κ1) is 24.4. The van der Waals surface area contributed by atoms with Gasteiger partial charge in [0.05, 0.1) is 35.0 Å². The molecule has 3 aromatic rings. The van der Waals surface area contributed by atoms with Crippen LogP contribution in [0.25, 0.3) is 11.3 Å². The molecule has 35 heavy (non-hydrogen) atoms. The van der Waals surface area contributed by atoms with Crippen molar-refractivity contribution in [1.29, 1.82) is 0 Å². The number of likely N-dealkylation sites (N-methyl/N-ethyl adjacent to an activating group) is 1. The van der Waals surface area contributed by atoms with E-state index in [0.29, 0.717) is 23.6 Å². The van der Waals surface area contributed by atoms with Gasteiger partial charge in [0.25, 0.3) is 5.91 Å². The zero-order valence-corrected chi connectivity index (χ0v) is 21.2. The zero-order chi connectivity index (χ0) is 24.9. The molecule has 1 saturated heterocycles. The summed E-state index contributed by atoms with van der Waals surface area (Å²) in [5, 5.41) is 6.24. The number of nitrogens with one attached hydrogen (secondary N) is 2. The molecule has 5 rings (SSSR count). The fourth-order valence-electron chi connectivity index (χ4n) is 4.24. The molecule has 1 fully saturated rings. The molecule has 2 aliphatic heterocycles. The fraction of sp³-hybridized carbons (Fsp3) is 0.385. The Morgan fingerprint density at radius 2 is 1.77 bits per heavy atom. The summed E-state index contributed by atoms with van der Waals surface area (Å²) in [5.74, 6) is 1.42. The molecular weight excluding hydrogens is 440 g/mol. The minimum absolute atomic E-state index is 0.105. The summed E-state index contributed by atoms with van der Waals surface area (Å²) in [5.41, 5.74) is 4.99. The first-order chi connectivity index (χ1) is 17.0. The van der Waals surface area contributed by atoms with Gasteiger partial charge in [-0.2, -0.15) is 0 Å². The topological polar surface area (TPSA) is 89.5 Å². The van der Waals surface area contributed by atoms with Crippen molar-refractivity contribution in [2.45, 2.75) is 20.4 Å². The van der Waals surface area contributed by atoms with E-state index in [0.717, 1.165) is 54.5 Å². The second kappa shape index (κ2) is 10.7. The van der Waals surface area contributed by atoms with Crippen molar-refractivity contribution in [1.82, 2.24) is 25.2 Å². The summed E-state index contributed by atoms with van der Waals surface area (Å²) in [6, 6.07) is 7.93. The number of aromatic nitrogens is 3. The van der Waals surface area contributed by atoms with Gasteiger partial charge in [0.2, 0.25) is 0 Å². The average Bonchev–Trinajstić information content (AvgIpc) is 3.28. The van der Waals surface area contributed by atoms with Crippen molar-refractivity contribution < 1.29 is 4.79 Å². The van der Waals surface area contributed by atoms with Crippen LogP contribution in [0.15, 0.2) is 42.9 Å². The van der Waals surface area contributed by atoms with Gasteiger partial charge in [0.15, 0.2) is 0 Å². The number of piperazine rings is 1. The van der Waals surface area contributed by atoms with Crippen molar-refractivity contribution in [3.8, 4) is 11.3 Å². The summed E-state index contributed by atoms with van der Waals surface area (Å²) in [4.78, 5) is 33.0. The van der Waals surface area contributed by atoms with Crippen LogP contribution in [0.2, 0.25) is 0 Å². The van der Waals surface area contributed by atoms with Crippen molar-refractivity contribution in [2.75, 3.05) is 62.4 Å². The smallest absolute Gasteiger partial charge is 0.254 e. The summed E-state index contributed by atoms with van der Waals surface area (Å²) < 4.78 is 0. The molecule has 2 N–H and O–H groups in total. The lowest BCUT2D eigenvalue weighted by Crippen LogP contribution is -2.44. The van der Waals surface area contributed by atoms with E-state index in [2.05, 4.69) is 43.5 Å². The van der Waals surface area contributed by atoms with Crippen molar-refractivity contribution in [2.24, 2.45) is 0 Å². The highest BCUT2D eigenvalue weighted by Gasteiger charge is 2.27. The number of carbonyl (C=O) groups excluding carboxylic acids is 1. The van der Waals surface area contributed by atoms with Gasteiger partial charge in [-0.1, -0.05) is 13.8 Å². The number of hydrogen-bond acceptors (Lipinski definition) is 8. The highest BCUT2D eigenvalue weighted by Crippen LogP contribution is 2.34. The van der Waals surface area contributed by atoms with Crippen LogP contribution < -0.4 is 20.4 Å². The van der Waals surface area contributed by atoms with Crippen LogP contribution in [0, 0.1) is 0 Å². The standard InChI is InChI=1S/C24H28N8O.C2H6/c1-30(2)21-12-16(6-7-25-21)23-18-14-28-24(33)22(18)19(15-27-23)29-20-5-4-17(13-26-20)32-10-8-31(3)9-11-32;1-2/h4-7,12-13,15H,8-11,14H2,1-3H3,(H,26,29)(H,28,33);1-2H3. The predicted molar refractivity (Wildman–Crippen MR) is 142 cm³/mol. The highest BCUT2D eigenvalue weighted by molar-refractivity contribution is 6.05. The third-order valence-electron chi connectivity index (χ3n) is 6.19. The molecule has 0 unspecified atom stereocenters. The summed E-state index contributed by atoms with van der Waals surface area (Å²) in [6.07, 6.45) is 5.36. The van der Waals surface area contributed by atoms with E-state index < -0.39 is 0 Å². The van der Waals surface area contributed by atoms with E-state index in [9.17, 15) is 4.79 Å². The monoisotopic (exact) mass is 474 g/mol. The molecule has 0 saturated carbocycles. The molecule has 3 aromatic heterocycles. The maximum atomic E-state index is 12.7. The van der Waals surface area contributed by atoms with Crippen LogP contribution in [-0.4, -0.2) is 73.1 Å². The lowest BCUT2D eigenvalue weighted by atomic mass is 10.0. The second-order valence-electron chi connectivity index (χ2n) is 8.67. The average molecular weight is 475 g/mol. The Morgan fingerprint density at radius 1 is 1.00 bits per heavy atom. The summed E-state index contributed by atoms with van der Waals surface area (Å²) in [6.45, 7) is 8.53. The van der Waals surface area contributed by atoms with E-state index in [-0.39, 0.29) is 5.91 Å². The van der Waals surface area contributed by atoms with Gasteiger partial charge < -0.3 is 25.3 Å². The largest absolute Gasteiger partial charge is 0.368 e. The van der Waals surface area contributed by atoms with Crippen LogP contribution in [0.1, 0.15) is 29.8 Å². The molecule has 1 amide bonds. The van der Waals surface area contributed by atoms with Crippen molar-refractivity contribution >= 4 is 28.9 Å². The van der Waals surface area contributed by atoms with E-state index >= 15 is 0 Å². The Morgan fingerprint density at radius 3 is 2.46 bits per heavy atom. The minimum atomic E-state index is -0.105. The van der Waals surface area contributed by atoms with Gasteiger partial charge in [0, 0.05) is 64.1 Å². The van der Waals surface area contributed by atoms with Crippen LogP contribution in [0.5, 0.6) is 0 Å². The summed E-state index contributed by atoms with van der Waals surface area (Å²) in [7, 11) is 6.04. The van der Waals surface area contributed by atoms with E-state index in [1.807, 2.05) is 57.2 Å². The maximum Gasteiger partial charge on any atom is 0.254 e. The predicted octanol–water partition coefficient (Wildman–Crippen LogP) is 3.37. The van der Waals surface area contributed by atoms with Crippen LogP contribution in [-0.2, 0) is 6.54 Å². The number of hydrogen-bond donors (Lipinski definition) is 2. The third kappa shape index (κ3) is 5.19. The maximum absolute atomic E-state index is 12.7. The van der Waals surface area contributed by atoms with Crippen LogP contribution >= 0.6 is 0 Å².